The van der Waals surface area contributed by atoms with Crippen molar-refractivity contribution in [2.24, 2.45) is 0 Å². The normalized spacial score (nSPS) is 13.2. The van der Waals surface area contributed by atoms with E-state index in [1.54, 1.807) is 0 Å². The second-order valence-electron chi connectivity index (χ2n) is 3.97. The zero-order chi connectivity index (χ0) is 10.3. The molecule has 0 radical (unpaired) electrons. The fourth-order valence-electron chi connectivity index (χ4n) is 2.29. The van der Waals surface area contributed by atoms with Crippen LogP contribution in [-0.4, -0.2) is 20.4 Å². The Labute approximate surface area is 97.7 Å². The van der Waals surface area contributed by atoms with Crippen LogP contribution < -0.4 is 0 Å². The molecule has 1 aliphatic carbocycles. The summed E-state index contributed by atoms with van der Waals surface area (Å²) in [6, 6.07) is 17.6. The minimum absolute atomic E-state index is 1.09. The van der Waals surface area contributed by atoms with Gasteiger partial charge in [0.25, 0.3) is 0 Å². The molecule has 72 valence electrons. The van der Waals surface area contributed by atoms with Crippen LogP contribution in [0.4, 0.5) is 0 Å². The summed E-state index contributed by atoms with van der Waals surface area (Å²) >= 11 is 1.23. The van der Waals surface area contributed by atoms with Gasteiger partial charge in [0.05, 0.1) is 0 Å². The predicted molar refractivity (Wildman–Crippen MR) is 67.4 cm³/mol. The van der Waals surface area contributed by atoms with Crippen molar-refractivity contribution >= 4 is 20.4 Å². The molecule has 0 fully saturated rings. The van der Waals surface area contributed by atoms with Crippen molar-refractivity contribution in [3.8, 4) is 0 Å². The summed E-state index contributed by atoms with van der Waals surface area (Å²) in [5.41, 5.74) is 5.90. The molecule has 0 atom stereocenters. The molecule has 0 spiro atoms. The molecule has 0 nitrogen and oxygen atoms in total. The van der Waals surface area contributed by atoms with Gasteiger partial charge < -0.3 is 0 Å². The van der Waals surface area contributed by atoms with Crippen molar-refractivity contribution in [1.29, 1.82) is 0 Å². The van der Waals surface area contributed by atoms with Gasteiger partial charge in [0.15, 0.2) is 0 Å². The Hall–Kier alpha value is -1.15. The van der Waals surface area contributed by atoms with Gasteiger partial charge in [0.1, 0.15) is 0 Å². The molecule has 0 saturated heterocycles. The molecule has 0 bridgehead atoms. The third-order valence-electron chi connectivity index (χ3n) is 3.07. The van der Waals surface area contributed by atoms with Gasteiger partial charge >= 0.3 is 97.6 Å². The molecule has 0 heterocycles. The van der Waals surface area contributed by atoms with Gasteiger partial charge in [0, 0.05) is 0 Å². The van der Waals surface area contributed by atoms with Gasteiger partial charge in [-0.3, -0.25) is 0 Å². The number of benzene rings is 2. The van der Waals surface area contributed by atoms with Crippen LogP contribution in [0.2, 0.25) is 0 Å². The summed E-state index contributed by atoms with van der Waals surface area (Å²) in [5, 5.41) is 0. The van der Waals surface area contributed by atoms with E-state index >= 15 is 0 Å². The molecule has 0 saturated carbocycles. The van der Waals surface area contributed by atoms with E-state index in [2.05, 4.69) is 48.5 Å². The van der Waals surface area contributed by atoms with Crippen LogP contribution in [-0.2, 0) is 6.42 Å². The average molecular weight is 253 g/mol. The summed E-state index contributed by atoms with van der Waals surface area (Å²) in [5.74, 6) is 0. The zero-order valence-electron chi connectivity index (χ0n) is 8.53. The van der Waals surface area contributed by atoms with E-state index in [0.29, 0.717) is 0 Å². The Morgan fingerprint density at radius 1 is 0.733 bits per heavy atom. The Morgan fingerprint density at radius 2 is 1.20 bits per heavy atom. The van der Waals surface area contributed by atoms with Gasteiger partial charge in [-0.15, -0.1) is 0 Å². The Morgan fingerprint density at radius 3 is 1.73 bits per heavy atom. The van der Waals surface area contributed by atoms with Crippen LogP contribution >= 0.6 is 0 Å². The first-order valence-corrected chi connectivity index (χ1v) is 6.70. The molecular weight excluding hydrogens is 241 g/mol. The van der Waals surface area contributed by atoms with Crippen molar-refractivity contribution in [3.63, 3.8) is 0 Å². The third kappa shape index (κ3) is 1.40. The molecule has 1 heteroatoms. The van der Waals surface area contributed by atoms with Crippen LogP contribution in [0.15, 0.2) is 48.5 Å². The van der Waals surface area contributed by atoms with Crippen LogP contribution in [0.5, 0.6) is 0 Å². The van der Waals surface area contributed by atoms with E-state index in [9.17, 15) is 0 Å². The van der Waals surface area contributed by atoms with Crippen LogP contribution in [0.1, 0.15) is 22.3 Å². The molecule has 1 aliphatic rings. The van der Waals surface area contributed by atoms with Gasteiger partial charge in [-0.2, -0.15) is 0 Å². The maximum absolute atomic E-state index is 2.25. The van der Waals surface area contributed by atoms with Gasteiger partial charge in [-0.1, -0.05) is 0 Å². The monoisotopic (exact) mass is 254 g/mol. The van der Waals surface area contributed by atoms with Crippen molar-refractivity contribution in [2.45, 2.75) is 6.42 Å². The number of fused-ring (bicyclic) bond motifs is 2. The van der Waals surface area contributed by atoms with Crippen molar-refractivity contribution in [3.05, 3.63) is 70.8 Å². The first-order valence-electron chi connectivity index (χ1n) is 5.22. The summed E-state index contributed by atoms with van der Waals surface area (Å²) in [4.78, 5) is 0. The molecule has 0 aliphatic heterocycles. The van der Waals surface area contributed by atoms with Crippen LogP contribution in [0.25, 0.3) is 0 Å². The van der Waals surface area contributed by atoms with E-state index in [1.165, 1.54) is 42.7 Å². The zero-order valence-corrected chi connectivity index (χ0v) is 11.5. The number of hydrogen-bond acceptors (Lipinski definition) is 0. The SMILES string of the molecule is [GeH2]=[C]1c2ccccc2Cc2ccccc21. The average Bonchev–Trinajstić information content (AvgIpc) is 2.30. The molecule has 0 unspecified atom stereocenters. The molecule has 3 rings (SSSR count). The standard InChI is InChI=1S/C14H12Ge/c15-14-12-7-3-1-5-10(12)9-11-6-2-4-8-13(11)14/h1-8H,9,15H2. The van der Waals surface area contributed by atoms with Gasteiger partial charge in [0.2, 0.25) is 0 Å². The molecule has 0 amide bonds. The first-order chi connectivity index (χ1) is 7.36. The van der Waals surface area contributed by atoms with Crippen LogP contribution in [0, 0.1) is 0 Å². The summed E-state index contributed by atoms with van der Waals surface area (Å²) < 4.78 is 1.53. The van der Waals surface area contributed by atoms with E-state index in [0.717, 1.165) is 6.42 Å². The molecule has 2 aromatic rings. The summed E-state index contributed by atoms with van der Waals surface area (Å²) in [7, 11) is 0. The van der Waals surface area contributed by atoms with Crippen molar-refractivity contribution in [2.75, 3.05) is 0 Å². The second kappa shape index (κ2) is 3.46. The second-order valence-corrected chi connectivity index (χ2v) is 5.45. The fraction of sp³-hybridized carbons (Fsp3) is 0.0714. The Bertz CT molecular complexity index is 493. The van der Waals surface area contributed by atoms with E-state index in [-0.39, 0.29) is 0 Å². The van der Waals surface area contributed by atoms with E-state index in [4.69, 9.17) is 0 Å². The molecule has 15 heavy (non-hydrogen) atoms. The van der Waals surface area contributed by atoms with Crippen LogP contribution in [0.3, 0.4) is 0 Å². The minimum atomic E-state index is 1.09. The molecular formula is C14H12Ge. The van der Waals surface area contributed by atoms with Crippen molar-refractivity contribution < 1.29 is 0 Å². The number of hydrogen-bond donors (Lipinski definition) is 0. The summed E-state index contributed by atoms with van der Waals surface area (Å²) in [6.07, 6.45) is 1.09. The van der Waals surface area contributed by atoms with Gasteiger partial charge in [-0.05, 0) is 0 Å². The third-order valence-corrected chi connectivity index (χ3v) is 4.66. The Kier molecular flexibility index (Phi) is 2.10. The van der Waals surface area contributed by atoms with E-state index < -0.39 is 0 Å². The molecule has 0 aromatic heterocycles. The molecule has 0 N–H and O–H groups in total. The predicted octanol–water partition coefficient (Wildman–Crippen LogP) is 1.79. The number of rotatable bonds is 0. The van der Waals surface area contributed by atoms with Crippen molar-refractivity contribution in [1.82, 2.24) is 0 Å². The maximum atomic E-state index is 2.25. The topological polar surface area (TPSA) is 0 Å². The van der Waals surface area contributed by atoms with E-state index in [1.807, 2.05) is 0 Å². The first kappa shape index (κ1) is 9.11. The van der Waals surface area contributed by atoms with Gasteiger partial charge in [-0.25, -0.2) is 0 Å². The fourth-order valence-corrected chi connectivity index (χ4v) is 3.74. The Balaban J connectivity index is 2.24. The quantitative estimate of drug-likeness (QED) is 0.536. The molecule has 2 aromatic carbocycles. The summed E-state index contributed by atoms with van der Waals surface area (Å²) in [6.45, 7) is 0.